The average Bonchev–Trinajstić information content (AvgIpc) is 2.14. The number of aromatic amines is 1. The zero-order valence-electron chi connectivity index (χ0n) is 8.70. The van der Waals surface area contributed by atoms with Gasteiger partial charge in [0.15, 0.2) is 0 Å². The maximum Gasteiger partial charge on any atom is 0.343 e. The Balaban J connectivity index is 3.32. The number of nitrogens with one attached hydrogen (secondary N) is 1. The van der Waals surface area contributed by atoms with Crippen molar-refractivity contribution in [2.45, 2.75) is 20.0 Å². The lowest BCUT2D eigenvalue weighted by atomic mass is 10.2. The third-order valence-corrected chi connectivity index (χ3v) is 2.07. The Morgan fingerprint density at radius 3 is 2.60 bits per heavy atom. The quantitative estimate of drug-likeness (QED) is 0.760. The van der Waals surface area contributed by atoms with Gasteiger partial charge >= 0.3 is 5.97 Å². The zero-order chi connectivity index (χ0) is 11.6. The SMILES string of the molecule is COC(C)c1nc(C)c(C(=O)O)c(=O)[nH]1. The lowest BCUT2D eigenvalue weighted by Gasteiger charge is -2.09. The number of methoxy groups -OCH3 is 1. The number of aryl methyl sites for hydroxylation is 1. The van der Waals surface area contributed by atoms with Crippen LogP contribution in [0.1, 0.15) is 34.9 Å². The molecule has 0 spiro atoms. The van der Waals surface area contributed by atoms with Crippen LogP contribution in [0.2, 0.25) is 0 Å². The fourth-order valence-electron chi connectivity index (χ4n) is 1.16. The smallest absolute Gasteiger partial charge is 0.343 e. The van der Waals surface area contributed by atoms with Crippen LogP contribution in [0, 0.1) is 6.92 Å². The summed E-state index contributed by atoms with van der Waals surface area (Å²) in [4.78, 5) is 28.4. The van der Waals surface area contributed by atoms with E-state index in [4.69, 9.17) is 9.84 Å². The normalized spacial score (nSPS) is 12.5. The lowest BCUT2D eigenvalue weighted by molar-refractivity contribution is 0.0692. The molecule has 1 unspecified atom stereocenters. The van der Waals surface area contributed by atoms with Gasteiger partial charge in [-0.05, 0) is 13.8 Å². The van der Waals surface area contributed by atoms with E-state index in [9.17, 15) is 9.59 Å². The summed E-state index contributed by atoms with van der Waals surface area (Å²) >= 11 is 0. The molecular weight excluding hydrogens is 200 g/mol. The average molecular weight is 212 g/mol. The third-order valence-electron chi connectivity index (χ3n) is 2.07. The van der Waals surface area contributed by atoms with Gasteiger partial charge in [-0.1, -0.05) is 0 Å². The van der Waals surface area contributed by atoms with Crippen molar-refractivity contribution in [3.63, 3.8) is 0 Å². The summed E-state index contributed by atoms with van der Waals surface area (Å²) in [6, 6.07) is 0. The molecule has 0 aromatic carbocycles. The summed E-state index contributed by atoms with van der Waals surface area (Å²) < 4.78 is 4.97. The van der Waals surface area contributed by atoms with Gasteiger partial charge in [-0.25, -0.2) is 9.78 Å². The first-order valence-corrected chi connectivity index (χ1v) is 4.34. The van der Waals surface area contributed by atoms with Gasteiger partial charge in [0.25, 0.3) is 5.56 Å². The van der Waals surface area contributed by atoms with Crippen molar-refractivity contribution in [3.8, 4) is 0 Å². The summed E-state index contributed by atoms with van der Waals surface area (Å²) in [5.41, 5.74) is -0.805. The molecule has 1 aromatic heterocycles. The van der Waals surface area contributed by atoms with Crippen LogP contribution in [0.4, 0.5) is 0 Å². The van der Waals surface area contributed by atoms with E-state index < -0.39 is 11.5 Å². The standard InChI is InChI=1S/C9H12N2O4/c1-4-6(9(13)14)8(12)11-7(10-4)5(2)15-3/h5H,1-3H3,(H,13,14)(H,10,11,12). The van der Waals surface area contributed by atoms with E-state index in [-0.39, 0.29) is 17.4 Å². The number of hydrogen-bond acceptors (Lipinski definition) is 4. The van der Waals surface area contributed by atoms with Gasteiger partial charge in [-0.15, -0.1) is 0 Å². The molecule has 6 heteroatoms. The van der Waals surface area contributed by atoms with Crippen LogP contribution in [-0.4, -0.2) is 28.2 Å². The van der Waals surface area contributed by atoms with E-state index >= 15 is 0 Å². The van der Waals surface area contributed by atoms with Gasteiger partial charge in [-0.3, -0.25) is 4.79 Å². The Kier molecular flexibility index (Phi) is 3.21. The van der Waals surface area contributed by atoms with Crippen LogP contribution in [0.5, 0.6) is 0 Å². The minimum Gasteiger partial charge on any atom is -0.477 e. The van der Waals surface area contributed by atoms with Crippen LogP contribution >= 0.6 is 0 Å². The first kappa shape index (κ1) is 11.4. The molecular formula is C9H12N2O4. The number of rotatable bonds is 3. The summed E-state index contributed by atoms with van der Waals surface area (Å²) in [5, 5.41) is 8.74. The number of H-pyrrole nitrogens is 1. The molecule has 0 amide bonds. The molecule has 0 aliphatic carbocycles. The molecule has 0 bridgehead atoms. The Labute approximate surface area is 85.9 Å². The summed E-state index contributed by atoms with van der Waals surface area (Å²) in [6.07, 6.45) is -0.376. The van der Waals surface area contributed by atoms with Gasteiger partial charge in [0.2, 0.25) is 0 Å². The largest absolute Gasteiger partial charge is 0.477 e. The number of hydrogen-bond donors (Lipinski definition) is 2. The van der Waals surface area contributed by atoms with Crippen molar-refractivity contribution < 1.29 is 14.6 Å². The summed E-state index contributed by atoms with van der Waals surface area (Å²) in [5.74, 6) is -0.956. The molecule has 1 heterocycles. The van der Waals surface area contributed by atoms with Crippen molar-refractivity contribution in [1.29, 1.82) is 0 Å². The lowest BCUT2D eigenvalue weighted by Crippen LogP contribution is -2.23. The second-order valence-electron chi connectivity index (χ2n) is 3.09. The van der Waals surface area contributed by atoms with Crippen molar-refractivity contribution in [2.24, 2.45) is 0 Å². The Morgan fingerprint density at radius 2 is 2.20 bits per heavy atom. The molecule has 0 saturated carbocycles. The predicted molar refractivity (Wildman–Crippen MR) is 52.0 cm³/mol. The van der Waals surface area contributed by atoms with Crippen LogP contribution in [0.25, 0.3) is 0 Å². The van der Waals surface area contributed by atoms with E-state index in [1.807, 2.05) is 0 Å². The molecule has 0 saturated heterocycles. The highest BCUT2D eigenvalue weighted by Gasteiger charge is 2.16. The highest BCUT2D eigenvalue weighted by Crippen LogP contribution is 2.10. The third kappa shape index (κ3) is 2.21. The van der Waals surface area contributed by atoms with Gasteiger partial charge in [0, 0.05) is 7.11 Å². The minimum absolute atomic E-state index is 0.185. The number of aromatic nitrogens is 2. The number of nitrogens with zero attached hydrogens (tertiary/aromatic N) is 1. The Hall–Kier alpha value is -1.69. The number of ether oxygens (including phenoxy) is 1. The first-order chi connectivity index (χ1) is 6.97. The Morgan fingerprint density at radius 1 is 1.60 bits per heavy atom. The van der Waals surface area contributed by atoms with E-state index in [0.29, 0.717) is 5.82 Å². The molecule has 15 heavy (non-hydrogen) atoms. The molecule has 82 valence electrons. The van der Waals surface area contributed by atoms with Crippen molar-refractivity contribution in [2.75, 3.05) is 7.11 Å². The summed E-state index contributed by atoms with van der Waals surface area (Å²) in [6.45, 7) is 3.18. The molecule has 0 radical (unpaired) electrons. The molecule has 0 fully saturated rings. The fourth-order valence-corrected chi connectivity index (χ4v) is 1.16. The van der Waals surface area contributed by atoms with Crippen LogP contribution < -0.4 is 5.56 Å². The molecule has 2 N–H and O–H groups in total. The monoisotopic (exact) mass is 212 g/mol. The van der Waals surface area contributed by atoms with E-state index in [0.717, 1.165) is 0 Å². The fraction of sp³-hybridized carbons (Fsp3) is 0.444. The maximum atomic E-state index is 11.4. The first-order valence-electron chi connectivity index (χ1n) is 4.34. The highest BCUT2D eigenvalue weighted by molar-refractivity contribution is 5.88. The number of carboxylic acids is 1. The molecule has 1 aromatic rings. The molecule has 6 nitrogen and oxygen atoms in total. The number of aromatic carboxylic acids is 1. The second-order valence-corrected chi connectivity index (χ2v) is 3.09. The number of carbonyl (C=O) groups is 1. The zero-order valence-corrected chi connectivity index (χ0v) is 8.70. The highest BCUT2D eigenvalue weighted by atomic mass is 16.5. The Bertz CT molecular complexity index is 438. The summed E-state index contributed by atoms with van der Waals surface area (Å²) in [7, 11) is 1.48. The van der Waals surface area contributed by atoms with Crippen molar-refractivity contribution >= 4 is 5.97 Å². The molecule has 0 aliphatic rings. The van der Waals surface area contributed by atoms with Crippen LogP contribution in [0.15, 0.2) is 4.79 Å². The maximum absolute atomic E-state index is 11.4. The van der Waals surface area contributed by atoms with Gasteiger partial charge < -0.3 is 14.8 Å². The molecule has 1 rings (SSSR count). The topological polar surface area (TPSA) is 92.3 Å². The van der Waals surface area contributed by atoms with E-state index in [2.05, 4.69) is 9.97 Å². The van der Waals surface area contributed by atoms with Crippen LogP contribution in [-0.2, 0) is 4.74 Å². The van der Waals surface area contributed by atoms with E-state index in [1.54, 1.807) is 6.92 Å². The second kappa shape index (κ2) is 4.22. The molecule has 1 atom stereocenters. The van der Waals surface area contributed by atoms with E-state index in [1.165, 1.54) is 14.0 Å². The van der Waals surface area contributed by atoms with Crippen molar-refractivity contribution in [1.82, 2.24) is 9.97 Å². The van der Waals surface area contributed by atoms with Gasteiger partial charge in [-0.2, -0.15) is 0 Å². The van der Waals surface area contributed by atoms with Gasteiger partial charge in [0.05, 0.1) is 5.69 Å². The van der Waals surface area contributed by atoms with Crippen molar-refractivity contribution in [3.05, 3.63) is 27.4 Å². The van der Waals surface area contributed by atoms with Crippen LogP contribution in [0.3, 0.4) is 0 Å². The minimum atomic E-state index is -1.28. The van der Waals surface area contributed by atoms with Gasteiger partial charge in [0.1, 0.15) is 17.5 Å². The molecule has 0 aliphatic heterocycles. The number of carboxylic acid groups (broad SMARTS) is 1. The predicted octanol–water partition coefficient (Wildman–Crippen LogP) is 0.484.